The summed E-state index contributed by atoms with van der Waals surface area (Å²) in [7, 11) is 0. The van der Waals surface area contributed by atoms with E-state index in [4.69, 9.17) is 4.42 Å². The summed E-state index contributed by atoms with van der Waals surface area (Å²) in [6.45, 7) is 9.04. The molecule has 3 rings (SSSR count). The number of H-pyrrole nitrogens is 1. The molecule has 2 unspecified atom stereocenters. The molecule has 0 amide bonds. The highest BCUT2D eigenvalue weighted by molar-refractivity contribution is 5.56. The van der Waals surface area contributed by atoms with E-state index in [2.05, 4.69) is 47.6 Å². The van der Waals surface area contributed by atoms with Crippen molar-refractivity contribution < 1.29 is 4.42 Å². The molecule has 3 aromatic rings. The fourth-order valence-corrected chi connectivity index (χ4v) is 2.55. The van der Waals surface area contributed by atoms with Crippen molar-refractivity contribution in [3.8, 4) is 11.5 Å². The normalized spacial score (nSPS) is 14.1. The van der Waals surface area contributed by atoms with Gasteiger partial charge in [0.25, 0.3) is 0 Å². The number of rotatable bonds is 6. The summed E-state index contributed by atoms with van der Waals surface area (Å²) in [5.41, 5.74) is 3.20. The molecule has 0 aromatic carbocycles. The molecule has 0 aliphatic rings. The number of nitrogens with zero attached hydrogens (tertiary/aromatic N) is 3. The molecule has 0 saturated carbocycles. The van der Waals surface area contributed by atoms with E-state index in [1.165, 1.54) is 5.56 Å². The first kappa shape index (κ1) is 15.6. The van der Waals surface area contributed by atoms with E-state index >= 15 is 0 Å². The third-order valence-electron chi connectivity index (χ3n) is 4.19. The van der Waals surface area contributed by atoms with E-state index in [0.29, 0.717) is 0 Å². The Bertz CT molecular complexity index is 769. The molecule has 3 heterocycles. The van der Waals surface area contributed by atoms with Crippen molar-refractivity contribution in [1.82, 2.24) is 25.3 Å². The molecule has 0 aliphatic carbocycles. The Hall–Kier alpha value is -2.34. The Kier molecular flexibility index (Phi) is 4.34. The van der Waals surface area contributed by atoms with Gasteiger partial charge in [-0.1, -0.05) is 0 Å². The minimum Gasteiger partial charge on any atom is -0.460 e. The maximum atomic E-state index is 5.68. The molecule has 6 nitrogen and oxygen atoms in total. The molecule has 0 spiro atoms. The fraction of sp³-hybridized carbons (Fsp3) is 0.412. The van der Waals surface area contributed by atoms with Crippen LogP contribution in [0.3, 0.4) is 0 Å². The highest BCUT2D eigenvalue weighted by atomic mass is 16.3. The summed E-state index contributed by atoms with van der Waals surface area (Å²) in [5.74, 6) is 1.71. The van der Waals surface area contributed by atoms with Crippen molar-refractivity contribution in [3.05, 3.63) is 47.6 Å². The maximum Gasteiger partial charge on any atom is 0.152 e. The molecule has 2 atom stereocenters. The highest BCUT2D eigenvalue weighted by Crippen LogP contribution is 2.23. The van der Waals surface area contributed by atoms with Crippen LogP contribution in [0.15, 0.2) is 35.1 Å². The van der Waals surface area contributed by atoms with E-state index in [0.717, 1.165) is 29.3 Å². The number of furan rings is 1. The molecule has 0 aliphatic heterocycles. The molecule has 0 radical (unpaired) electrons. The van der Waals surface area contributed by atoms with Crippen LogP contribution in [0, 0.1) is 13.8 Å². The number of hydrogen-bond donors (Lipinski definition) is 2. The monoisotopic (exact) mass is 313 g/mol. The lowest BCUT2D eigenvalue weighted by Gasteiger charge is -2.21. The summed E-state index contributed by atoms with van der Waals surface area (Å²) in [6.07, 6.45) is 5.80. The van der Waals surface area contributed by atoms with Gasteiger partial charge in [-0.3, -0.25) is 9.78 Å². The Balaban J connectivity index is 1.66. The average Bonchev–Trinajstić information content (AvgIpc) is 3.24. The number of hydrogen-bond acceptors (Lipinski definition) is 4. The maximum absolute atomic E-state index is 5.68. The standard InChI is InChI=1S/C17H23N5O/c1-11-7-20-22(10-11)14(4)13(3)18-8-15-9-19-21-17(15)16-6-5-12(2)23-16/h5-7,9-10,13-14,18H,8H2,1-4H3,(H,19,21). The van der Waals surface area contributed by atoms with Gasteiger partial charge in [0, 0.05) is 24.3 Å². The van der Waals surface area contributed by atoms with Crippen molar-refractivity contribution in [3.63, 3.8) is 0 Å². The van der Waals surface area contributed by atoms with E-state index in [9.17, 15) is 0 Å². The summed E-state index contributed by atoms with van der Waals surface area (Å²) in [6, 6.07) is 4.46. The summed E-state index contributed by atoms with van der Waals surface area (Å²) in [4.78, 5) is 0. The molecule has 0 bridgehead atoms. The zero-order chi connectivity index (χ0) is 16.4. The predicted molar refractivity (Wildman–Crippen MR) is 89.0 cm³/mol. The second-order valence-corrected chi connectivity index (χ2v) is 6.09. The minimum absolute atomic E-state index is 0.268. The topological polar surface area (TPSA) is 71.7 Å². The smallest absolute Gasteiger partial charge is 0.152 e. The van der Waals surface area contributed by atoms with Gasteiger partial charge in [-0.25, -0.2) is 0 Å². The van der Waals surface area contributed by atoms with Crippen molar-refractivity contribution >= 4 is 0 Å². The van der Waals surface area contributed by atoms with E-state index in [1.807, 2.05) is 36.1 Å². The lowest BCUT2D eigenvalue weighted by molar-refractivity contribution is 0.365. The largest absolute Gasteiger partial charge is 0.460 e. The van der Waals surface area contributed by atoms with Gasteiger partial charge in [0.05, 0.1) is 18.4 Å². The van der Waals surface area contributed by atoms with Gasteiger partial charge in [-0.15, -0.1) is 0 Å². The summed E-state index contributed by atoms with van der Waals surface area (Å²) < 4.78 is 7.68. The molecule has 23 heavy (non-hydrogen) atoms. The average molecular weight is 313 g/mol. The van der Waals surface area contributed by atoms with Gasteiger partial charge in [0.2, 0.25) is 0 Å². The zero-order valence-corrected chi connectivity index (χ0v) is 14.0. The molecule has 3 aromatic heterocycles. The van der Waals surface area contributed by atoms with Gasteiger partial charge in [-0.05, 0) is 45.4 Å². The van der Waals surface area contributed by atoms with Crippen LogP contribution < -0.4 is 5.32 Å². The van der Waals surface area contributed by atoms with E-state index < -0.39 is 0 Å². The SMILES string of the molecule is Cc1cnn(C(C)C(C)NCc2cn[nH]c2-c2ccc(C)o2)c1. The minimum atomic E-state index is 0.268. The molecular weight excluding hydrogens is 290 g/mol. The van der Waals surface area contributed by atoms with Gasteiger partial charge >= 0.3 is 0 Å². The number of aromatic nitrogens is 4. The third-order valence-corrected chi connectivity index (χ3v) is 4.19. The number of aryl methyl sites for hydroxylation is 2. The van der Waals surface area contributed by atoms with Crippen LogP contribution in [0.2, 0.25) is 0 Å². The fourth-order valence-electron chi connectivity index (χ4n) is 2.55. The lowest BCUT2D eigenvalue weighted by Crippen LogP contribution is -2.33. The summed E-state index contributed by atoms with van der Waals surface area (Å²) in [5, 5.41) is 15.1. The van der Waals surface area contributed by atoms with Gasteiger partial charge < -0.3 is 9.73 Å². The summed E-state index contributed by atoms with van der Waals surface area (Å²) >= 11 is 0. The molecule has 6 heteroatoms. The first-order valence-electron chi connectivity index (χ1n) is 7.88. The van der Waals surface area contributed by atoms with Crippen LogP contribution in [0.5, 0.6) is 0 Å². The quantitative estimate of drug-likeness (QED) is 0.733. The van der Waals surface area contributed by atoms with Gasteiger partial charge in [0.1, 0.15) is 11.5 Å². The zero-order valence-electron chi connectivity index (χ0n) is 14.0. The predicted octanol–water partition coefficient (Wildman–Crippen LogP) is 3.22. The van der Waals surface area contributed by atoms with E-state index in [1.54, 1.807) is 0 Å². The second-order valence-electron chi connectivity index (χ2n) is 6.09. The second kappa shape index (κ2) is 6.42. The Morgan fingerprint density at radius 2 is 2.09 bits per heavy atom. The van der Waals surface area contributed by atoms with Crippen LogP contribution in [0.25, 0.3) is 11.5 Å². The van der Waals surface area contributed by atoms with Gasteiger partial charge in [0.15, 0.2) is 5.76 Å². The first-order valence-corrected chi connectivity index (χ1v) is 7.88. The molecule has 0 fully saturated rings. The first-order chi connectivity index (χ1) is 11.0. The Morgan fingerprint density at radius 3 is 2.74 bits per heavy atom. The van der Waals surface area contributed by atoms with Crippen LogP contribution in [0.4, 0.5) is 0 Å². The van der Waals surface area contributed by atoms with E-state index in [-0.39, 0.29) is 12.1 Å². The highest BCUT2D eigenvalue weighted by Gasteiger charge is 2.16. The van der Waals surface area contributed by atoms with Crippen LogP contribution in [0.1, 0.15) is 36.8 Å². The van der Waals surface area contributed by atoms with Crippen molar-refractivity contribution in [2.75, 3.05) is 0 Å². The molecular formula is C17H23N5O. The van der Waals surface area contributed by atoms with Crippen LogP contribution in [-0.4, -0.2) is 26.0 Å². The number of nitrogens with one attached hydrogen (secondary N) is 2. The lowest BCUT2D eigenvalue weighted by atomic mass is 10.1. The van der Waals surface area contributed by atoms with Crippen molar-refractivity contribution in [1.29, 1.82) is 0 Å². The molecule has 122 valence electrons. The van der Waals surface area contributed by atoms with Crippen LogP contribution >= 0.6 is 0 Å². The van der Waals surface area contributed by atoms with Crippen molar-refractivity contribution in [2.45, 2.75) is 46.3 Å². The molecule has 0 saturated heterocycles. The Morgan fingerprint density at radius 1 is 1.26 bits per heavy atom. The van der Waals surface area contributed by atoms with Crippen molar-refractivity contribution in [2.24, 2.45) is 0 Å². The van der Waals surface area contributed by atoms with Crippen LogP contribution in [-0.2, 0) is 6.54 Å². The number of aromatic amines is 1. The molecule has 2 N–H and O–H groups in total. The third kappa shape index (κ3) is 3.37. The Labute approximate surface area is 135 Å². The van der Waals surface area contributed by atoms with Gasteiger partial charge in [-0.2, -0.15) is 10.2 Å².